The molecule has 0 saturated carbocycles. The molecule has 0 unspecified atom stereocenters. The van der Waals surface area contributed by atoms with Gasteiger partial charge in [-0.1, -0.05) is 6.07 Å². The smallest absolute Gasteiger partial charge is 0.401 e. The Labute approximate surface area is 71.2 Å². The van der Waals surface area contributed by atoms with Crippen molar-refractivity contribution in [3.05, 3.63) is 24.4 Å². The number of carbonyl (C=O) groups excluding carboxylic acids is 1. The summed E-state index contributed by atoms with van der Waals surface area (Å²) in [6, 6.07) is 4.06. The van der Waals surface area contributed by atoms with E-state index in [4.69, 9.17) is 0 Å². The molecule has 1 rings (SSSR count). The van der Waals surface area contributed by atoms with Crippen LogP contribution in [0.15, 0.2) is 24.4 Å². The third-order valence-corrected chi connectivity index (χ3v) is 1.07. The summed E-state index contributed by atoms with van der Waals surface area (Å²) in [6.45, 7) is 0. The molecule has 0 N–H and O–H groups in total. The zero-order valence-corrected chi connectivity index (χ0v) is 6.21. The lowest BCUT2D eigenvalue weighted by Gasteiger charge is -2.04. The number of alkyl halides is 3. The van der Waals surface area contributed by atoms with Crippen LogP contribution in [0.3, 0.4) is 0 Å². The lowest BCUT2D eigenvalue weighted by atomic mass is 10.5. The summed E-state index contributed by atoms with van der Waals surface area (Å²) >= 11 is 0. The van der Waals surface area contributed by atoms with Crippen LogP contribution in [-0.4, -0.2) is 17.1 Å². The van der Waals surface area contributed by atoms with Crippen molar-refractivity contribution in [2.75, 3.05) is 0 Å². The van der Waals surface area contributed by atoms with Gasteiger partial charge in [0.2, 0.25) is 5.88 Å². The zero-order valence-electron chi connectivity index (χ0n) is 6.21. The van der Waals surface area contributed by atoms with Crippen molar-refractivity contribution >= 4 is 5.97 Å². The molecule has 0 saturated heterocycles. The summed E-state index contributed by atoms with van der Waals surface area (Å²) in [5.41, 5.74) is 0. The van der Waals surface area contributed by atoms with E-state index in [9.17, 15) is 18.0 Å². The van der Waals surface area contributed by atoms with Crippen molar-refractivity contribution in [1.29, 1.82) is 0 Å². The predicted molar refractivity (Wildman–Crippen MR) is 35.9 cm³/mol. The summed E-state index contributed by atoms with van der Waals surface area (Å²) in [7, 11) is 0. The van der Waals surface area contributed by atoms with Crippen LogP contribution in [0.4, 0.5) is 13.2 Å². The molecule has 0 aliphatic rings. The van der Waals surface area contributed by atoms with Gasteiger partial charge in [0, 0.05) is 12.3 Å². The van der Waals surface area contributed by atoms with E-state index in [2.05, 4.69) is 9.72 Å². The van der Waals surface area contributed by atoms with Crippen LogP contribution in [0.25, 0.3) is 0 Å². The predicted octanol–water partition coefficient (Wildman–Crippen LogP) is 1.55. The van der Waals surface area contributed by atoms with E-state index in [1.165, 1.54) is 18.3 Å². The molecule has 1 heterocycles. The standard InChI is InChI=1S/C7H4F3NO2/c8-7(9,10)6(12)13-5-3-1-2-4-11-5/h1-4H. The molecule has 13 heavy (non-hydrogen) atoms. The second-order valence-electron chi connectivity index (χ2n) is 2.06. The molecular weight excluding hydrogens is 187 g/mol. The van der Waals surface area contributed by atoms with E-state index in [0.717, 1.165) is 6.07 Å². The van der Waals surface area contributed by atoms with Gasteiger partial charge in [-0.2, -0.15) is 13.2 Å². The third-order valence-electron chi connectivity index (χ3n) is 1.07. The second-order valence-corrected chi connectivity index (χ2v) is 2.06. The molecule has 0 spiro atoms. The molecule has 0 amide bonds. The molecule has 0 aliphatic carbocycles. The van der Waals surface area contributed by atoms with Crippen molar-refractivity contribution in [2.24, 2.45) is 0 Å². The van der Waals surface area contributed by atoms with Crippen molar-refractivity contribution in [1.82, 2.24) is 4.98 Å². The Balaban J connectivity index is 2.66. The lowest BCUT2D eigenvalue weighted by Crippen LogP contribution is -2.28. The van der Waals surface area contributed by atoms with E-state index in [0.29, 0.717) is 0 Å². The minimum Gasteiger partial charge on any atom is -0.401 e. The largest absolute Gasteiger partial charge is 0.491 e. The van der Waals surface area contributed by atoms with Gasteiger partial charge < -0.3 is 4.74 Å². The molecule has 0 aliphatic heterocycles. The van der Waals surface area contributed by atoms with Gasteiger partial charge >= 0.3 is 12.1 Å². The van der Waals surface area contributed by atoms with Gasteiger partial charge in [-0.25, -0.2) is 9.78 Å². The van der Waals surface area contributed by atoms with Crippen LogP contribution in [0.1, 0.15) is 0 Å². The number of rotatable bonds is 1. The third kappa shape index (κ3) is 2.73. The average Bonchev–Trinajstić information content (AvgIpc) is 2.04. The fourth-order valence-electron chi connectivity index (χ4n) is 0.560. The highest BCUT2D eigenvalue weighted by Gasteiger charge is 2.41. The Bertz CT molecular complexity index is 296. The Morgan fingerprint density at radius 1 is 1.38 bits per heavy atom. The molecule has 0 radical (unpaired) electrons. The Morgan fingerprint density at radius 2 is 2.08 bits per heavy atom. The topological polar surface area (TPSA) is 39.2 Å². The van der Waals surface area contributed by atoms with Crippen LogP contribution in [0.5, 0.6) is 5.88 Å². The Kier molecular flexibility index (Phi) is 2.50. The molecule has 0 fully saturated rings. The number of aromatic nitrogens is 1. The first-order chi connectivity index (χ1) is 6.00. The van der Waals surface area contributed by atoms with Crippen LogP contribution in [0, 0.1) is 0 Å². The highest BCUT2D eigenvalue weighted by atomic mass is 19.4. The van der Waals surface area contributed by atoms with E-state index in [1.807, 2.05) is 0 Å². The minimum atomic E-state index is -4.99. The van der Waals surface area contributed by atoms with Gasteiger partial charge in [0.25, 0.3) is 0 Å². The van der Waals surface area contributed by atoms with E-state index >= 15 is 0 Å². The number of hydrogen-bond acceptors (Lipinski definition) is 3. The fraction of sp³-hybridized carbons (Fsp3) is 0.143. The van der Waals surface area contributed by atoms with Gasteiger partial charge in [0.05, 0.1) is 0 Å². The zero-order chi connectivity index (χ0) is 9.90. The average molecular weight is 191 g/mol. The van der Waals surface area contributed by atoms with Gasteiger partial charge in [-0.3, -0.25) is 0 Å². The first-order valence-electron chi connectivity index (χ1n) is 3.20. The summed E-state index contributed by atoms with van der Waals surface area (Å²) in [5, 5.41) is 0. The normalized spacial score (nSPS) is 11.0. The first kappa shape index (κ1) is 9.50. The molecule has 1 aromatic heterocycles. The maximum absolute atomic E-state index is 11.6. The SMILES string of the molecule is O=C(Oc1ccccn1)C(F)(F)F. The van der Waals surface area contributed by atoms with E-state index in [1.54, 1.807) is 0 Å². The van der Waals surface area contributed by atoms with Crippen molar-refractivity contribution in [3.8, 4) is 5.88 Å². The van der Waals surface area contributed by atoms with Crippen LogP contribution in [-0.2, 0) is 4.79 Å². The van der Waals surface area contributed by atoms with Crippen molar-refractivity contribution in [3.63, 3.8) is 0 Å². The van der Waals surface area contributed by atoms with Gasteiger partial charge in [0.1, 0.15) is 0 Å². The summed E-state index contributed by atoms with van der Waals surface area (Å²) in [5.74, 6) is -2.64. The quantitative estimate of drug-likeness (QED) is 0.632. The second kappa shape index (κ2) is 3.42. The van der Waals surface area contributed by atoms with Crippen LogP contribution >= 0.6 is 0 Å². The molecule has 6 heteroatoms. The minimum absolute atomic E-state index is 0.371. The highest BCUT2D eigenvalue weighted by Crippen LogP contribution is 2.17. The summed E-state index contributed by atoms with van der Waals surface area (Å²) in [6.07, 6.45) is -3.77. The number of esters is 1. The van der Waals surface area contributed by atoms with Crippen LogP contribution in [0.2, 0.25) is 0 Å². The van der Waals surface area contributed by atoms with E-state index < -0.39 is 12.1 Å². The Morgan fingerprint density at radius 3 is 2.54 bits per heavy atom. The van der Waals surface area contributed by atoms with Crippen LogP contribution < -0.4 is 4.74 Å². The van der Waals surface area contributed by atoms with Gasteiger partial charge in [-0.05, 0) is 6.07 Å². The molecule has 70 valence electrons. The first-order valence-corrected chi connectivity index (χ1v) is 3.20. The van der Waals surface area contributed by atoms with Crippen molar-refractivity contribution in [2.45, 2.75) is 6.18 Å². The molecule has 1 aromatic rings. The summed E-state index contributed by atoms with van der Waals surface area (Å²) < 4.78 is 38.8. The van der Waals surface area contributed by atoms with Gasteiger partial charge in [-0.15, -0.1) is 0 Å². The number of pyridine rings is 1. The highest BCUT2D eigenvalue weighted by molar-refractivity contribution is 5.77. The van der Waals surface area contributed by atoms with E-state index in [-0.39, 0.29) is 5.88 Å². The monoisotopic (exact) mass is 191 g/mol. The fourth-order valence-corrected chi connectivity index (χ4v) is 0.560. The molecule has 0 bridgehead atoms. The molecule has 0 atom stereocenters. The van der Waals surface area contributed by atoms with Crippen molar-refractivity contribution < 1.29 is 22.7 Å². The number of hydrogen-bond donors (Lipinski definition) is 0. The number of ether oxygens (including phenoxy) is 1. The maximum Gasteiger partial charge on any atom is 0.491 e. The molecular formula is C7H4F3NO2. The molecule has 3 nitrogen and oxygen atoms in total. The number of nitrogens with zero attached hydrogens (tertiary/aromatic N) is 1. The maximum atomic E-state index is 11.6. The lowest BCUT2D eigenvalue weighted by molar-refractivity contribution is -0.190. The number of carbonyl (C=O) groups is 1. The Hall–Kier alpha value is -1.59. The van der Waals surface area contributed by atoms with Gasteiger partial charge in [0.15, 0.2) is 0 Å². The summed E-state index contributed by atoms with van der Waals surface area (Å²) in [4.78, 5) is 13.6. The molecule has 0 aromatic carbocycles. The number of halogens is 3.